The van der Waals surface area contributed by atoms with E-state index in [1.165, 1.54) is 16.7 Å². The van der Waals surface area contributed by atoms with Gasteiger partial charge in [0.25, 0.3) is 0 Å². The second-order valence-electron chi connectivity index (χ2n) is 5.30. The summed E-state index contributed by atoms with van der Waals surface area (Å²) in [6, 6.07) is 0. The molecule has 0 radical (unpaired) electrons. The molecular weight excluding hydrogens is 290 g/mol. The molecule has 3 N–H and O–H groups in total. The number of carboxylic acids is 1. The third kappa shape index (κ3) is 3.79. The normalized spacial score (nSPS) is 21.4. The van der Waals surface area contributed by atoms with Gasteiger partial charge in [-0.05, 0) is 25.8 Å². The Balaban J connectivity index is 1.84. The SMILES string of the molecule is CCCC1(C(=O)NCCc2nc(C(=O)O)cs2)CCCN1. The molecule has 7 heteroatoms. The number of aromatic nitrogens is 1. The highest BCUT2D eigenvalue weighted by molar-refractivity contribution is 7.09. The van der Waals surface area contributed by atoms with Gasteiger partial charge < -0.3 is 15.7 Å². The summed E-state index contributed by atoms with van der Waals surface area (Å²) in [7, 11) is 0. The van der Waals surface area contributed by atoms with Crippen molar-refractivity contribution in [1.82, 2.24) is 15.6 Å². The summed E-state index contributed by atoms with van der Waals surface area (Å²) in [6.07, 6.45) is 4.29. The van der Waals surface area contributed by atoms with Crippen LogP contribution in [0.4, 0.5) is 0 Å². The maximum absolute atomic E-state index is 12.4. The second-order valence-corrected chi connectivity index (χ2v) is 6.24. The number of carbonyl (C=O) groups is 2. The van der Waals surface area contributed by atoms with Gasteiger partial charge in [-0.15, -0.1) is 11.3 Å². The Morgan fingerprint density at radius 3 is 2.95 bits per heavy atom. The number of aromatic carboxylic acids is 1. The van der Waals surface area contributed by atoms with Crippen molar-refractivity contribution in [2.45, 2.75) is 44.6 Å². The zero-order chi connectivity index (χ0) is 15.3. The fourth-order valence-corrected chi connectivity index (χ4v) is 3.50. The molecule has 1 unspecified atom stereocenters. The maximum atomic E-state index is 12.4. The molecule has 0 bridgehead atoms. The van der Waals surface area contributed by atoms with E-state index in [1.807, 2.05) is 0 Å². The van der Waals surface area contributed by atoms with Gasteiger partial charge in [-0.25, -0.2) is 9.78 Å². The number of nitrogens with one attached hydrogen (secondary N) is 2. The van der Waals surface area contributed by atoms with Crippen molar-refractivity contribution in [2.75, 3.05) is 13.1 Å². The number of carboxylic acid groups (broad SMARTS) is 1. The Morgan fingerprint density at radius 1 is 1.57 bits per heavy atom. The molecule has 2 rings (SSSR count). The number of hydrogen-bond donors (Lipinski definition) is 3. The minimum atomic E-state index is -1.02. The first kappa shape index (κ1) is 15.9. The van der Waals surface area contributed by atoms with Gasteiger partial charge >= 0.3 is 5.97 Å². The molecule has 21 heavy (non-hydrogen) atoms. The monoisotopic (exact) mass is 311 g/mol. The Bertz CT molecular complexity index is 509. The smallest absolute Gasteiger partial charge is 0.355 e. The Labute approximate surface area is 128 Å². The van der Waals surface area contributed by atoms with Gasteiger partial charge in [-0.1, -0.05) is 13.3 Å². The highest BCUT2D eigenvalue weighted by Gasteiger charge is 2.39. The fourth-order valence-electron chi connectivity index (χ4n) is 2.73. The van der Waals surface area contributed by atoms with E-state index >= 15 is 0 Å². The number of rotatable bonds is 7. The molecule has 0 aromatic carbocycles. The summed E-state index contributed by atoms with van der Waals surface area (Å²) >= 11 is 1.31. The molecule has 1 atom stereocenters. The quantitative estimate of drug-likeness (QED) is 0.708. The summed E-state index contributed by atoms with van der Waals surface area (Å²) in [5.74, 6) is -0.963. The number of nitrogens with zero attached hydrogens (tertiary/aromatic N) is 1. The fraction of sp³-hybridized carbons (Fsp3) is 0.643. The minimum absolute atomic E-state index is 0.0527. The molecule has 1 fully saturated rings. The molecule has 6 nitrogen and oxygen atoms in total. The first-order valence-electron chi connectivity index (χ1n) is 7.28. The van der Waals surface area contributed by atoms with E-state index in [0.29, 0.717) is 13.0 Å². The molecule has 1 aromatic heterocycles. The Kier molecular flexibility index (Phi) is 5.30. The summed E-state index contributed by atoms with van der Waals surface area (Å²) in [4.78, 5) is 27.1. The minimum Gasteiger partial charge on any atom is -0.476 e. The van der Waals surface area contributed by atoms with Crippen LogP contribution < -0.4 is 10.6 Å². The van der Waals surface area contributed by atoms with E-state index in [2.05, 4.69) is 22.5 Å². The van der Waals surface area contributed by atoms with Crippen molar-refractivity contribution in [3.8, 4) is 0 Å². The molecule has 1 aliphatic rings. The lowest BCUT2D eigenvalue weighted by Crippen LogP contribution is -2.53. The Morgan fingerprint density at radius 2 is 2.38 bits per heavy atom. The Hall–Kier alpha value is -1.47. The third-order valence-electron chi connectivity index (χ3n) is 3.75. The van der Waals surface area contributed by atoms with Crippen LogP contribution in [0.2, 0.25) is 0 Å². The van der Waals surface area contributed by atoms with E-state index in [9.17, 15) is 9.59 Å². The van der Waals surface area contributed by atoms with Gasteiger partial charge in [-0.2, -0.15) is 0 Å². The molecule has 0 saturated carbocycles. The van der Waals surface area contributed by atoms with Crippen LogP contribution in [0.25, 0.3) is 0 Å². The van der Waals surface area contributed by atoms with Crippen molar-refractivity contribution in [2.24, 2.45) is 0 Å². The van der Waals surface area contributed by atoms with Gasteiger partial charge in [0.2, 0.25) is 5.91 Å². The van der Waals surface area contributed by atoms with Crippen LogP contribution in [0.1, 0.15) is 48.1 Å². The standard InChI is InChI=1S/C14H21N3O3S/c1-2-5-14(6-3-7-16-14)13(20)15-8-4-11-17-10(9-21-11)12(18)19/h9,16H,2-8H2,1H3,(H,15,20)(H,18,19). The van der Waals surface area contributed by atoms with E-state index in [0.717, 1.165) is 37.2 Å². The molecule has 0 spiro atoms. The molecular formula is C14H21N3O3S. The van der Waals surface area contributed by atoms with E-state index in [4.69, 9.17) is 5.11 Å². The average molecular weight is 311 g/mol. The van der Waals surface area contributed by atoms with Crippen LogP contribution in [-0.4, -0.2) is 40.6 Å². The number of amides is 1. The van der Waals surface area contributed by atoms with Crippen molar-refractivity contribution in [3.63, 3.8) is 0 Å². The molecule has 1 aromatic rings. The van der Waals surface area contributed by atoms with E-state index < -0.39 is 11.5 Å². The zero-order valence-electron chi connectivity index (χ0n) is 12.1. The van der Waals surface area contributed by atoms with E-state index in [-0.39, 0.29) is 11.6 Å². The largest absolute Gasteiger partial charge is 0.476 e. The molecule has 116 valence electrons. The van der Waals surface area contributed by atoms with Crippen LogP contribution in [-0.2, 0) is 11.2 Å². The van der Waals surface area contributed by atoms with Crippen LogP contribution in [0, 0.1) is 0 Å². The van der Waals surface area contributed by atoms with Crippen molar-refractivity contribution < 1.29 is 14.7 Å². The zero-order valence-corrected chi connectivity index (χ0v) is 13.0. The van der Waals surface area contributed by atoms with Crippen LogP contribution in [0.5, 0.6) is 0 Å². The summed E-state index contributed by atoms with van der Waals surface area (Å²) in [6.45, 7) is 3.46. The number of thiazole rings is 1. The number of carbonyl (C=O) groups excluding carboxylic acids is 1. The average Bonchev–Trinajstić information content (AvgIpc) is 3.09. The second kappa shape index (κ2) is 7.00. The lowest BCUT2D eigenvalue weighted by Gasteiger charge is -2.27. The highest BCUT2D eigenvalue weighted by atomic mass is 32.1. The van der Waals surface area contributed by atoms with Crippen molar-refractivity contribution in [1.29, 1.82) is 0 Å². The van der Waals surface area contributed by atoms with Crippen LogP contribution in [0.3, 0.4) is 0 Å². The molecule has 2 heterocycles. The van der Waals surface area contributed by atoms with Gasteiger partial charge in [0.05, 0.1) is 10.5 Å². The van der Waals surface area contributed by atoms with Crippen molar-refractivity contribution in [3.05, 3.63) is 16.1 Å². The van der Waals surface area contributed by atoms with Gasteiger partial charge in [0, 0.05) is 18.3 Å². The predicted octanol–water partition coefficient (Wildman–Crippen LogP) is 1.42. The van der Waals surface area contributed by atoms with Gasteiger partial charge in [0.1, 0.15) is 0 Å². The third-order valence-corrected chi connectivity index (χ3v) is 4.66. The number of hydrogen-bond acceptors (Lipinski definition) is 5. The summed E-state index contributed by atoms with van der Waals surface area (Å²) in [5, 5.41) is 17.4. The van der Waals surface area contributed by atoms with Crippen molar-refractivity contribution >= 4 is 23.2 Å². The summed E-state index contributed by atoms with van der Waals surface area (Å²) in [5.41, 5.74) is -0.342. The lowest BCUT2D eigenvalue weighted by molar-refractivity contribution is -0.127. The predicted molar refractivity (Wildman–Crippen MR) is 80.7 cm³/mol. The molecule has 1 saturated heterocycles. The first-order chi connectivity index (χ1) is 10.1. The topological polar surface area (TPSA) is 91.3 Å². The van der Waals surface area contributed by atoms with Gasteiger partial charge in [0.15, 0.2) is 5.69 Å². The first-order valence-corrected chi connectivity index (χ1v) is 8.16. The lowest BCUT2D eigenvalue weighted by atomic mass is 9.91. The van der Waals surface area contributed by atoms with E-state index in [1.54, 1.807) is 0 Å². The van der Waals surface area contributed by atoms with Gasteiger partial charge in [-0.3, -0.25) is 4.79 Å². The van der Waals surface area contributed by atoms with Crippen LogP contribution in [0.15, 0.2) is 5.38 Å². The maximum Gasteiger partial charge on any atom is 0.355 e. The summed E-state index contributed by atoms with van der Waals surface area (Å²) < 4.78 is 0. The van der Waals surface area contributed by atoms with Crippen LogP contribution >= 0.6 is 11.3 Å². The molecule has 1 aliphatic heterocycles. The molecule has 1 amide bonds. The highest BCUT2D eigenvalue weighted by Crippen LogP contribution is 2.24. The molecule has 0 aliphatic carbocycles.